The predicted molar refractivity (Wildman–Crippen MR) is 91.2 cm³/mol. The van der Waals surface area contributed by atoms with Gasteiger partial charge in [0.05, 0.1) is 19.4 Å². The van der Waals surface area contributed by atoms with Gasteiger partial charge >= 0.3 is 0 Å². The Balaban J connectivity index is 1.89. The summed E-state index contributed by atoms with van der Waals surface area (Å²) in [7, 11) is -1.66. The summed E-state index contributed by atoms with van der Waals surface area (Å²) in [6.07, 6.45) is 4.90. The van der Waals surface area contributed by atoms with Crippen molar-refractivity contribution in [1.82, 2.24) is 9.46 Å². The third-order valence-corrected chi connectivity index (χ3v) is 5.66. The first-order chi connectivity index (χ1) is 11.5. The van der Waals surface area contributed by atoms with Crippen LogP contribution in [0.1, 0.15) is 37.5 Å². The first-order valence-electron chi connectivity index (χ1n) is 8.07. The first-order valence-corrected chi connectivity index (χ1v) is 9.92. The second-order valence-electron chi connectivity index (χ2n) is 6.08. The highest BCUT2D eigenvalue weighted by atomic mass is 32.2. The minimum absolute atomic E-state index is 0.276. The lowest BCUT2D eigenvalue weighted by Gasteiger charge is -2.25. The van der Waals surface area contributed by atoms with Gasteiger partial charge in [-0.3, -0.25) is 0 Å². The summed E-state index contributed by atoms with van der Waals surface area (Å²) >= 11 is 0. The molecule has 130 valence electrons. The summed E-state index contributed by atoms with van der Waals surface area (Å²) < 4.78 is 36.4. The molecule has 1 unspecified atom stereocenters. The molecule has 1 atom stereocenters. The Bertz CT molecular complexity index is 783. The van der Waals surface area contributed by atoms with Crippen LogP contribution in [-0.4, -0.2) is 37.8 Å². The fourth-order valence-corrected chi connectivity index (χ4v) is 4.24. The van der Waals surface area contributed by atoms with Gasteiger partial charge in [-0.05, 0) is 37.1 Å². The maximum absolute atomic E-state index is 12.1. The van der Waals surface area contributed by atoms with E-state index in [-0.39, 0.29) is 6.04 Å². The van der Waals surface area contributed by atoms with Gasteiger partial charge in [0.15, 0.2) is 5.76 Å². The molecular weight excluding hydrogens is 328 g/mol. The number of hydrogen-bond acceptors (Lipinski definition) is 5. The molecule has 2 heterocycles. The van der Waals surface area contributed by atoms with E-state index >= 15 is 0 Å². The molecule has 1 aliphatic rings. The number of nitrogens with zero attached hydrogens (tertiary/aromatic N) is 2. The number of benzene rings is 1. The molecule has 24 heavy (non-hydrogen) atoms. The van der Waals surface area contributed by atoms with Crippen LogP contribution >= 0.6 is 0 Å². The van der Waals surface area contributed by atoms with Crippen LogP contribution in [-0.2, 0) is 10.0 Å². The van der Waals surface area contributed by atoms with Gasteiger partial charge < -0.3 is 9.26 Å². The molecule has 0 bridgehead atoms. The van der Waals surface area contributed by atoms with E-state index in [1.54, 1.807) is 7.11 Å². The predicted octanol–water partition coefficient (Wildman–Crippen LogP) is 3.23. The van der Waals surface area contributed by atoms with Gasteiger partial charge in [-0.15, -0.1) is 0 Å². The van der Waals surface area contributed by atoms with E-state index in [0.29, 0.717) is 18.0 Å². The topological polar surface area (TPSA) is 72.6 Å². The number of rotatable bonds is 4. The zero-order valence-electron chi connectivity index (χ0n) is 13.9. The Kier molecular flexibility index (Phi) is 4.91. The number of aromatic nitrogens is 1. The lowest BCUT2D eigenvalue weighted by Crippen LogP contribution is -2.33. The van der Waals surface area contributed by atoms with Gasteiger partial charge in [-0.2, -0.15) is 4.31 Å². The van der Waals surface area contributed by atoms with E-state index in [9.17, 15) is 8.42 Å². The molecule has 0 radical (unpaired) electrons. The lowest BCUT2D eigenvalue weighted by molar-refractivity contribution is 0.260. The molecule has 1 aromatic carbocycles. The zero-order valence-corrected chi connectivity index (χ0v) is 14.8. The van der Waals surface area contributed by atoms with E-state index in [1.807, 2.05) is 30.3 Å². The molecule has 1 aliphatic heterocycles. The second kappa shape index (κ2) is 6.94. The highest BCUT2D eigenvalue weighted by molar-refractivity contribution is 7.88. The van der Waals surface area contributed by atoms with Crippen LogP contribution in [0.15, 0.2) is 34.9 Å². The molecule has 0 saturated carbocycles. The fourth-order valence-electron chi connectivity index (χ4n) is 3.11. The third-order valence-electron chi connectivity index (χ3n) is 4.37. The number of ether oxygens (including phenoxy) is 1. The monoisotopic (exact) mass is 350 g/mol. The largest absolute Gasteiger partial charge is 0.497 e. The number of sulfonamides is 1. The van der Waals surface area contributed by atoms with E-state index in [1.165, 1.54) is 10.6 Å². The molecule has 2 aromatic rings. The van der Waals surface area contributed by atoms with Gasteiger partial charge in [-0.1, -0.05) is 18.0 Å². The van der Waals surface area contributed by atoms with Gasteiger partial charge in [0.1, 0.15) is 11.4 Å². The summed E-state index contributed by atoms with van der Waals surface area (Å²) in [5.74, 6) is 1.38. The molecule has 1 saturated heterocycles. The average molecular weight is 350 g/mol. The van der Waals surface area contributed by atoms with Crippen LogP contribution in [0.5, 0.6) is 5.75 Å². The minimum Gasteiger partial charge on any atom is -0.497 e. The Morgan fingerprint density at radius 1 is 1.21 bits per heavy atom. The standard InChI is InChI=1S/C17H22N2O4S/c1-22-14-9-7-13(8-10-14)15-12-17(23-18-15)16-6-4-3-5-11-19(16)24(2,20)21/h7-10,12,16H,3-6,11H2,1-2H3. The van der Waals surface area contributed by atoms with E-state index in [2.05, 4.69) is 5.16 Å². The normalized spacial score (nSPS) is 19.8. The summed E-state index contributed by atoms with van der Waals surface area (Å²) in [6.45, 7) is 0.530. The molecule has 0 spiro atoms. The Labute approximate surface area is 142 Å². The van der Waals surface area contributed by atoms with Crippen LogP contribution < -0.4 is 4.74 Å². The smallest absolute Gasteiger partial charge is 0.211 e. The molecule has 3 rings (SSSR count). The molecule has 7 heteroatoms. The molecule has 0 amide bonds. The highest BCUT2D eigenvalue weighted by Crippen LogP contribution is 2.34. The zero-order chi connectivity index (χ0) is 17.2. The van der Waals surface area contributed by atoms with Crippen molar-refractivity contribution in [2.75, 3.05) is 19.9 Å². The average Bonchev–Trinajstić information content (AvgIpc) is 2.91. The van der Waals surface area contributed by atoms with Crippen molar-refractivity contribution in [3.05, 3.63) is 36.1 Å². The maximum atomic E-state index is 12.1. The second-order valence-corrected chi connectivity index (χ2v) is 8.02. The van der Waals surface area contributed by atoms with E-state index in [0.717, 1.165) is 37.0 Å². The van der Waals surface area contributed by atoms with Crippen molar-refractivity contribution in [2.45, 2.75) is 31.7 Å². The van der Waals surface area contributed by atoms with Crippen LogP contribution in [0.4, 0.5) is 0 Å². The van der Waals surface area contributed by atoms with Crippen molar-refractivity contribution >= 4 is 10.0 Å². The van der Waals surface area contributed by atoms with Crippen molar-refractivity contribution in [3.63, 3.8) is 0 Å². The first kappa shape index (κ1) is 17.0. The van der Waals surface area contributed by atoms with Crippen LogP contribution in [0.25, 0.3) is 11.3 Å². The minimum atomic E-state index is -3.28. The van der Waals surface area contributed by atoms with Crippen molar-refractivity contribution in [1.29, 1.82) is 0 Å². The van der Waals surface area contributed by atoms with Crippen molar-refractivity contribution in [3.8, 4) is 17.0 Å². The Morgan fingerprint density at radius 2 is 1.96 bits per heavy atom. The van der Waals surface area contributed by atoms with Gasteiger partial charge in [0.2, 0.25) is 10.0 Å². The fraction of sp³-hybridized carbons (Fsp3) is 0.471. The quantitative estimate of drug-likeness (QED) is 0.846. The molecule has 1 fully saturated rings. The van der Waals surface area contributed by atoms with Crippen LogP contribution in [0.3, 0.4) is 0 Å². The van der Waals surface area contributed by atoms with Crippen LogP contribution in [0, 0.1) is 0 Å². The SMILES string of the molecule is COc1ccc(-c2cc(C3CCCCCN3S(C)(=O)=O)on2)cc1. The molecular formula is C17H22N2O4S. The third kappa shape index (κ3) is 3.62. The van der Waals surface area contributed by atoms with E-state index in [4.69, 9.17) is 9.26 Å². The van der Waals surface area contributed by atoms with Crippen molar-refractivity contribution in [2.24, 2.45) is 0 Å². The van der Waals surface area contributed by atoms with Gasteiger partial charge in [-0.25, -0.2) is 8.42 Å². The van der Waals surface area contributed by atoms with Crippen molar-refractivity contribution < 1.29 is 17.7 Å². The number of hydrogen-bond donors (Lipinski definition) is 0. The lowest BCUT2D eigenvalue weighted by atomic mass is 10.1. The van der Waals surface area contributed by atoms with Crippen LogP contribution in [0.2, 0.25) is 0 Å². The Morgan fingerprint density at radius 3 is 2.62 bits per heavy atom. The Hall–Kier alpha value is -1.86. The van der Waals surface area contributed by atoms with Gasteiger partial charge in [0, 0.05) is 18.2 Å². The summed E-state index contributed by atoms with van der Waals surface area (Å²) in [4.78, 5) is 0. The molecule has 0 aliphatic carbocycles. The summed E-state index contributed by atoms with van der Waals surface area (Å²) in [6, 6.07) is 9.10. The molecule has 1 aromatic heterocycles. The molecule has 0 N–H and O–H groups in total. The maximum Gasteiger partial charge on any atom is 0.211 e. The van der Waals surface area contributed by atoms with Gasteiger partial charge in [0.25, 0.3) is 0 Å². The summed E-state index contributed by atoms with van der Waals surface area (Å²) in [5, 5.41) is 4.13. The highest BCUT2D eigenvalue weighted by Gasteiger charge is 2.32. The molecule has 6 nitrogen and oxygen atoms in total. The number of methoxy groups -OCH3 is 1. The summed E-state index contributed by atoms with van der Waals surface area (Å²) in [5.41, 5.74) is 1.61. The van der Waals surface area contributed by atoms with E-state index < -0.39 is 10.0 Å².